The van der Waals surface area contributed by atoms with Gasteiger partial charge in [-0.3, -0.25) is 0 Å². The van der Waals surface area contributed by atoms with E-state index in [4.69, 9.17) is 4.52 Å². The minimum Gasteiger partial charge on any atom is -0.340 e. The molecule has 2 aromatic rings. The fourth-order valence-electron chi connectivity index (χ4n) is 2.48. The lowest BCUT2D eigenvalue weighted by Gasteiger charge is -2.26. The van der Waals surface area contributed by atoms with Gasteiger partial charge >= 0.3 is 0 Å². The van der Waals surface area contributed by atoms with Crippen LogP contribution in [0.1, 0.15) is 23.9 Å². The van der Waals surface area contributed by atoms with Gasteiger partial charge in [-0.15, -0.1) is 0 Å². The van der Waals surface area contributed by atoms with Gasteiger partial charge in [0.25, 0.3) is 0 Å². The van der Waals surface area contributed by atoms with Crippen LogP contribution >= 0.6 is 0 Å². The van der Waals surface area contributed by atoms with E-state index in [0.717, 1.165) is 0 Å². The Morgan fingerprint density at radius 2 is 2.29 bits per heavy atom. The van der Waals surface area contributed by atoms with Gasteiger partial charge in [0.05, 0.1) is 10.6 Å². The number of rotatable bonds is 4. The summed E-state index contributed by atoms with van der Waals surface area (Å²) < 4.78 is 42.3. The van der Waals surface area contributed by atoms with Gasteiger partial charge in [-0.1, -0.05) is 5.16 Å². The Morgan fingerprint density at radius 1 is 1.43 bits per heavy atom. The summed E-state index contributed by atoms with van der Waals surface area (Å²) in [7, 11) is -3.31. The topological polar surface area (TPSA) is 85.1 Å². The largest absolute Gasteiger partial charge is 0.340 e. The van der Waals surface area contributed by atoms with Crippen molar-refractivity contribution in [1.82, 2.24) is 15.5 Å². The van der Waals surface area contributed by atoms with Crippen LogP contribution in [0.3, 0.4) is 0 Å². The number of sulfone groups is 1. The van der Waals surface area contributed by atoms with Gasteiger partial charge in [0, 0.05) is 19.0 Å². The Bertz CT molecular complexity index is 731. The quantitative estimate of drug-likeness (QED) is 0.856. The third-order valence-corrected chi connectivity index (χ3v) is 5.31. The fraction of sp³-hybridized carbons (Fsp3) is 0.385. The molecule has 21 heavy (non-hydrogen) atoms. The summed E-state index contributed by atoms with van der Waals surface area (Å²) >= 11 is 0. The molecule has 0 spiro atoms. The van der Waals surface area contributed by atoms with E-state index in [-0.39, 0.29) is 16.7 Å². The summed E-state index contributed by atoms with van der Waals surface area (Å²) in [5.74, 6) is 0.129. The highest BCUT2D eigenvalue weighted by Gasteiger charge is 2.30. The van der Waals surface area contributed by atoms with Crippen molar-refractivity contribution in [3.05, 3.63) is 41.8 Å². The second kappa shape index (κ2) is 5.53. The molecule has 1 unspecified atom stereocenters. The highest BCUT2D eigenvalue weighted by Crippen LogP contribution is 2.32. The zero-order valence-corrected chi connectivity index (χ0v) is 11.9. The number of benzene rings is 1. The highest BCUT2D eigenvalue weighted by molar-refractivity contribution is 7.91. The SMILES string of the molecule is O=S1(=O)CCC(NCCc2ncno2)c2cc(F)ccc21. The zero-order chi connectivity index (χ0) is 14.9. The second-order valence-electron chi connectivity index (χ2n) is 4.88. The van der Waals surface area contributed by atoms with Crippen molar-refractivity contribution in [2.45, 2.75) is 23.8 Å². The molecule has 0 radical (unpaired) electrons. The third kappa shape index (κ3) is 2.96. The molecule has 0 fully saturated rings. The molecule has 1 N–H and O–H groups in total. The van der Waals surface area contributed by atoms with Crippen molar-refractivity contribution in [2.24, 2.45) is 0 Å². The van der Waals surface area contributed by atoms with Crippen LogP contribution in [0.4, 0.5) is 4.39 Å². The molecule has 1 aliphatic heterocycles. The Hall–Kier alpha value is -1.80. The van der Waals surface area contributed by atoms with Gasteiger partial charge in [0.1, 0.15) is 5.82 Å². The molecule has 0 saturated heterocycles. The zero-order valence-electron chi connectivity index (χ0n) is 11.1. The third-order valence-electron chi connectivity index (χ3n) is 3.49. The Labute approximate surface area is 121 Å². The van der Waals surface area contributed by atoms with Crippen LogP contribution in [-0.2, 0) is 16.3 Å². The van der Waals surface area contributed by atoms with Crippen LogP contribution in [0.25, 0.3) is 0 Å². The summed E-state index contributed by atoms with van der Waals surface area (Å²) in [6, 6.07) is 3.61. The minimum atomic E-state index is -3.31. The lowest BCUT2D eigenvalue weighted by Crippen LogP contribution is -2.31. The maximum atomic E-state index is 13.4. The van der Waals surface area contributed by atoms with E-state index in [2.05, 4.69) is 15.5 Å². The normalized spacial score (nSPS) is 20.1. The lowest BCUT2D eigenvalue weighted by atomic mass is 10.0. The molecule has 1 aromatic carbocycles. The summed E-state index contributed by atoms with van der Waals surface area (Å²) in [4.78, 5) is 4.12. The van der Waals surface area contributed by atoms with Crippen LogP contribution in [-0.4, -0.2) is 30.9 Å². The molecule has 1 aromatic heterocycles. The van der Waals surface area contributed by atoms with Gasteiger partial charge in [-0.25, -0.2) is 12.8 Å². The second-order valence-corrected chi connectivity index (χ2v) is 6.96. The summed E-state index contributed by atoms with van der Waals surface area (Å²) in [6.07, 6.45) is 2.28. The number of nitrogens with zero attached hydrogens (tertiary/aromatic N) is 2. The van der Waals surface area contributed by atoms with E-state index in [9.17, 15) is 12.8 Å². The number of nitrogens with one attached hydrogen (secondary N) is 1. The molecular formula is C13H14FN3O3S. The Morgan fingerprint density at radius 3 is 3.05 bits per heavy atom. The molecule has 1 atom stereocenters. The molecular weight excluding hydrogens is 297 g/mol. The fourth-order valence-corrected chi connectivity index (χ4v) is 4.09. The molecule has 0 bridgehead atoms. The molecule has 2 heterocycles. The summed E-state index contributed by atoms with van der Waals surface area (Å²) in [6.45, 7) is 0.545. The Kier molecular flexibility index (Phi) is 3.73. The molecule has 0 saturated carbocycles. The van der Waals surface area contributed by atoms with Crippen molar-refractivity contribution in [1.29, 1.82) is 0 Å². The monoisotopic (exact) mass is 311 g/mol. The molecule has 1 aliphatic rings. The number of fused-ring (bicyclic) bond motifs is 1. The van der Waals surface area contributed by atoms with Crippen molar-refractivity contribution < 1.29 is 17.3 Å². The van der Waals surface area contributed by atoms with Crippen molar-refractivity contribution >= 4 is 9.84 Å². The van der Waals surface area contributed by atoms with E-state index in [1.807, 2.05) is 0 Å². The highest BCUT2D eigenvalue weighted by atomic mass is 32.2. The van der Waals surface area contributed by atoms with Gasteiger partial charge in [0.15, 0.2) is 16.2 Å². The maximum Gasteiger partial charge on any atom is 0.227 e. The number of hydrogen-bond donors (Lipinski definition) is 1. The van der Waals surface area contributed by atoms with E-state index in [0.29, 0.717) is 30.8 Å². The number of halogens is 1. The molecule has 0 amide bonds. The first-order chi connectivity index (χ1) is 10.1. The minimum absolute atomic E-state index is 0.0594. The summed E-state index contributed by atoms with van der Waals surface area (Å²) in [5.41, 5.74) is 0.492. The van der Waals surface area contributed by atoms with Crippen LogP contribution < -0.4 is 5.32 Å². The van der Waals surface area contributed by atoms with E-state index in [1.54, 1.807) is 0 Å². The predicted molar refractivity (Wildman–Crippen MR) is 71.8 cm³/mol. The number of hydrogen-bond acceptors (Lipinski definition) is 6. The van der Waals surface area contributed by atoms with E-state index < -0.39 is 15.7 Å². The van der Waals surface area contributed by atoms with Crippen LogP contribution in [0, 0.1) is 5.82 Å². The Balaban J connectivity index is 1.76. The van der Waals surface area contributed by atoms with Gasteiger partial charge < -0.3 is 9.84 Å². The lowest BCUT2D eigenvalue weighted by molar-refractivity contribution is 0.370. The predicted octanol–water partition coefficient (Wildman–Crippen LogP) is 1.26. The smallest absolute Gasteiger partial charge is 0.227 e. The van der Waals surface area contributed by atoms with Crippen molar-refractivity contribution in [2.75, 3.05) is 12.3 Å². The molecule has 0 aliphatic carbocycles. The van der Waals surface area contributed by atoms with Gasteiger partial charge in [0.2, 0.25) is 5.89 Å². The standard InChI is InChI=1S/C13H14FN3O3S/c14-9-1-2-12-10(7-9)11(4-6-21(12,18)19)15-5-3-13-16-8-17-20-13/h1-2,7-8,11,15H,3-6H2. The van der Waals surface area contributed by atoms with Gasteiger partial charge in [-0.05, 0) is 30.2 Å². The van der Waals surface area contributed by atoms with E-state index >= 15 is 0 Å². The maximum absolute atomic E-state index is 13.4. The van der Waals surface area contributed by atoms with Crippen molar-refractivity contribution in [3.63, 3.8) is 0 Å². The first-order valence-electron chi connectivity index (χ1n) is 6.57. The van der Waals surface area contributed by atoms with Crippen LogP contribution in [0.15, 0.2) is 33.9 Å². The van der Waals surface area contributed by atoms with Crippen LogP contribution in [0.5, 0.6) is 0 Å². The van der Waals surface area contributed by atoms with Crippen molar-refractivity contribution in [3.8, 4) is 0 Å². The molecule has 8 heteroatoms. The molecule has 6 nitrogen and oxygen atoms in total. The first-order valence-corrected chi connectivity index (χ1v) is 8.22. The summed E-state index contributed by atoms with van der Waals surface area (Å²) in [5, 5.41) is 6.73. The first kappa shape index (κ1) is 14.2. The average Bonchev–Trinajstić information content (AvgIpc) is 2.94. The molecule has 3 rings (SSSR count). The number of aromatic nitrogens is 2. The van der Waals surface area contributed by atoms with E-state index in [1.165, 1.54) is 24.5 Å². The van der Waals surface area contributed by atoms with Gasteiger partial charge in [-0.2, -0.15) is 4.98 Å². The average molecular weight is 311 g/mol. The molecule has 112 valence electrons. The van der Waals surface area contributed by atoms with Crippen LogP contribution in [0.2, 0.25) is 0 Å².